The van der Waals surface area contributed by atoms with Crippen LogP contribution in [0.25, 0.3) is 0 Å². The predicted molar refractivity (Wildman–Crippen MR) is 86.0 cm³/mol. The first kappa shape index (κ1) is 15.4. The van der Waals surface area contributed by atoms with E-state index in [4.69, 9.17) is 5.73 Å². The SMILES string of the molecule is CCc1cccc(NC(=O)CSc2ccc(N)cc2F)c1. The van der Waals surface area contributed by atoms with E-state index in [-0.39, 0.29) is 11.7 Å². The van der Waals surface area contributed by atoms with Gasteiger partial charge < -0.3 is 11.1 Å². The number of benzene rings is 2. The summed E-state index contributed by atoms with van der Waals surface area (Å²) in [7, 11) is 0. The summed E-state index contributed by atoms with van der Waals surface area (Å²) in [6, 6.07) is 12.1. The van der Waals surface area contributed by atoms with Crippen molar-refractivity contribution in [1.82, 2.24) is 0 Å². The van der Waals surface area contributed by atoms with Gasteiger partial charge in [-0.2, -0.15) is 0 Å². The maximum absolute atomic E-state index is 13.6. The number of carbonyl (C=O) groups excluding carboxylic acids is 1. The number of hydrogen-bond donors (Lipinski definition) is 2. The maximum Gasteiger partial charge on any atom is 0.234 e. The fourth-order valence-electron chi connectivity index (χ4n) is 1.84. The van der Waals surface area contributed by atoms with Crippen LogP contribution in [0.4, 0.5) is 15.8 Å². The lowest BCUT2D eigenvalue weighted by Crippen LogP contribution is -2.14. The van der Waals surface area contributed by atoms with Gasteiger partial charge in [0.05, 0.1) is 5.75 Å². The molecule has 0 radical (unpaired) electrons. The Balaban J connectivity index is 1.92. The molecule has 0 bridgehead atoms. The standard InChI is InChI=1S/C16H17FN2OS/c1-2-11-4-3-5-13(8-11)19-16(20)10-21-15-7-6-12(18)9-14(15)17/h3-9H,2,10,18H2,1H3,(H,19,20). The molecule has 0 aromatic heterocycles. The molecule has 0 aliphatic rings. The van der Waals surface area contributed by atoms with Gasteiger partial charge in [-0.1, -0.05) is 19.1 Å². The summed E-state index contributed by atoms with van der Waals surface area (Å²) >= 11 is 1.15. The lowest BCUT2D eigenvalue weighted by molar-refractivity contribution is -0.113. The van der Waals surface area contributed by atoms with Crippen LogP contribution in [-0.4, -0.2) is 11.7 Å². The summed E-state index contributed by atoms with van der Waals surface area (Å²) in [5.74, 6) is -0.415. The third-order valence-corrected chi connectivity index (χ3v) is 3.98. The van der Waals surface area contributed by atoms with E-state index in [0.717, 1.165) is 29.4 Å². The van der Waals surface area contributed by atoms with Crippen LogP contribution in [0.15, 0.2) is 47.4 Å². The first-order valence-corrected chi connectivity index (χ1v) is 7.63. The number of thioether (sulfide) groups is 1. The van der Waals surface area contributed by atoms with Gasteiger partial charge in [0.25, 0.3) is 0 Å². The number of anilines is 2. The van der Waals surface area contributed by atoms with Crippen molar-refractivity contribution < 1.29 is 9.18 Å². The molecule has 2 aromatic rings. The number of aryl methyl sites for hydroxylation is 1. The lowest BCUT2D eigenvalue weighted by Gasteiger charge is -2.07. The van der Waals surface area contributed by atoms with Crippen LogP contribution in [0.5, 0.6) is 0 Å². The Morgan fingerprint density at radius 3 is 2.81 bits per heavy atom. The summed E-state index contributed by atoms with van der Waals surface area (Å²) in [6.45, 7) is 2.06. The molecule has 1 amide bonds. The van der Waals surface area contributed by atoms with Gasteiger partial charge in [-0.15, -0.1) is 11.8 Å². The summed E-state index contributed by atoms with van der Waals surface area (Å²) in [5.41, 5.74) is 7.78. The van der Waals surface area contributed by atoms with Crippen LogP contribution in [0.1, 0.15) is 12.5 Å². The topological polar surface area (TPSA) is 55.1 Å². The van der Waals surface area contributed by atoms with Crippen LogP contribution in [0, 0.1) is 5.82 Å². The number of nitrogen functional groups attached to an aromatic ring is 1. The zero-order valence-electron chi connectivity index (χ0n) is 11.7. The third kappa shape index (κ3) is 4.49. The molecule has 0 fully saturated rings. The monoisotopic (exact) mass is 304 g/mol. The van der Waals surface area contributed by atoms with Crippen molar-refractivity contribution in [3.8, 4) is 0 Å². The number of nitrogens with two attached hydrogens (primary N) is 1. The highest BCUT2D eigenvalue weighted by atomic mass is 32.2. The molecule has 0 saturated heterocycles. The third-order valence-electron chi connectivity index (χ3n) is 2.93. The highest BCUT2D eigenvalue weighted by molar-refractivity contribution is 8.00. The van der Waals surface area contributed by atoms with Crippen molar-refractivity contribution in [1.29, 1.82) is 0 Å². The first-order chi connectivity index (χ1) is 10.1. The Kier molecular flexibility index (Phi) is 5.22. The quantitative estimate of drug-likeness (QED) is 0.654. The molecule has 3 N–H and O–H groups in total. The van der Waals surface area contributed by atoms with Crippen molar-refractivity contribution in [2.45, 2.75) is 18.2 Å². The summed E-state index contributed by atoms with van der Waals surface area (Å²) in [4.78, 5) is 12.3. The lowest BCUT2D eigenvalue weighted by atomic mass is 10.1. The van der Waals surface area contributed by atoms with Gasteiger partial charge in [0.2, 0.25) is 5.91 Å². The van der Waals surface area contributed by atoms with Gasteiger partial charge in [-0.3, -0.25) is 4.79 Å². The number of halogens is 1. The van der Waals surface area contributed by atoms with E-state index in [9.17, 15) is 9.18 Å². The van der Waals surface area contributed by atoms with Crippen LogP contribution >= 0.6 is 11.8 Å². The molecule has 0 saturated carbocycles. The maximum atomic E-state index is 13.6. The molecule has 2 rings (SSSR count). The van der Waals surface area contributed by atoms with Crippen molar-refractivity contribution in [2.75, 3.05) is 16.8 Å². The van der Waals surface area contributed by atoms with E-state index in [1.54, 1.807) is 12.1 Å². The second kappa shape index (κ2) is 7.13. The minimum atomic E-state index is -0.402. The van der Waals surface area contributed by atoms with E-state index in [0.29, 0.717) is 10.6 Å². The van der Waals surface area contributed by atoms with Crippen molar-refractivity contribution in [2.24, 2.45) is 0 Å². The molecule has 3 nitrogen and oxygen atoms in total. The molecule has 0 unspecified atom stereocenters. The molecule has 0 atom stereocenters. The van der Waals surface area contributed by atoms with Gasteiger partial charge in [0, 0.05) is 16.3 Å². The summed E-state index contributed by atoms with van der Waals surface area (Å²) in [5, 5.41) is 2.81. The second-order valence-electron chi connectivity index (χ2n) is 4.58. The van der Waals surface area contributed by atoms with E-state index >= 15 is 0 Å². The van der Waals surface area contributed by atoms with Crippen LogP contribution in [0.2, 0.25) is 0 Å². The molecule has 110 valence electrons. The number of hydrogen-bond acceptors (Lipinski definition) is 3. The zero-order chi connectivity index (χ0) is 15.2. The molecular weight excluding hydrogens is 287 g/mol. The highest BCUT2D eigenvalue weighted by Gasteiger charge is 2.08. The Hall–Kier alpha value is -2.01. The van der Waals surface area contributed by atoms with Crippen molar-refractivity contribution in [3.05, 3.63) is 53.8 Å². The number of nitrogens with one attached hydrogen (secondary N) is 1. The van der Waals surface area contributed by atoms with Crippen molar-refractivity contribution in [3.63, 3.8) is 0 Å². The van der Waals surface area contributed by atoms with Crippen LogP contribution in [0.3, 0.4) is 0 Å². The molecular formula is C16H17FN2OS. The molecule has 0 heterocycles. The Labute approximate surface area is 127 Å². The van der Waals surface area contributed by atoms with Crippen LogP contribution in [-0.2, 0) is 11.2 Å². The summed E-state index contributed by atoms with van der Waals surface area (Å²) < 4.78 is 13.6. The van der Waals surface area contributed by atoms with E-state index in [1.807, 2.05) is 24.3 Å². The predicted octanol–water partition coefficient (Wildman–Crippen LogP) is 3.70. The fourth-order valence-corrected chi connectivity index (χ4v) is 2.56. The van der Waals surface area contributed by atoms with Crippen LogP contribution < -0.4 is 11.1 Å². The number of rotatable bonds is 5. The largest absolute Gasteiger partial charge is 0.399 e. The molecule has 0 aliphatic heterocycles. The molecule has 21 heavy (non-hydrogen) atoms. The average molecular weight is 304 g/mol. The minimum Gasteiger partial charge on any atom is -0.399 e. The van der Waals surface area contributed by atoms with Gasteiger partial charge in [-0.25, -0.2) is 4.39 Å². The minimum absolute atomic E-state index is 0.150. The molecule has 5 heteroatoms. The zero-order valence-corrected chi connectivity index (χ0v) is 12.5. The second-order valence-corrected chi connectivity index (χ2v) is 5.60. The average Bonchev–Trinajstić information content (AvgIpc) is 2.46. The Morgan fingerprint density at radius 2 is 2.10 bits per heavy atom. The summed E-state index contributed by atoms with van der Waals surface area (Å²) in [6.07, 6.45) is 0.912. The Morgan fingerprint density at radius 1 is 1.29 bits per heavy atom. The fraction of sp³-hybridized carbons (Fsp3) is 0.188. The number of amides is 1. The van der Waals surface area contributed by atoms with Crippen molar-refractivity contribution >= 4 is 29.0 Å². The molecule has 2 aromatic carbocycles. The van der Waals surface area contributed by atoms with Gasteiger partial charge in [-0.05, 0) is 42.3 Å². The Bertz CT molecular complexity index is 646. The molecule has 0 aliphatic carbocycles. The van der Waals surface area contributed by atoms with E-state index in [2.05, 4.69) is 12.2 Å². The smallest absolute Gasteiger partial charge is 0.234 e. The van der Waals surface area contributed by atoms with Gasteiger partial charge in [0.15, 0.2) is 0 Å². The normalized spacial score (nSPS) is 10.4. The van der Waals surface area contributed by atoms with E-state index < -0.39 is 5.82 Å². The molecule has 0 spiro atoms. The highest BCUT2D eigenvalue weighted by Crippen LogP contribution is 2.23. The number of carbonyl (C=O) groups is 1. The van der Waals surface area contributed by atoms with Gasteiger partial charge >= 0.3 is 0 Å². The van der Waals surface area contributed by atoms with E-state index in [1.165, 1.54) is 6.07 Å². The van der Waals surface area contributed by atoms with Gasteiger partial charge in [0.1, 0.15) is 5.82 Å². The first-order valence-electron chi connectivity index (χ1n) is 6.65.